The fourth-order valence-corrected chi connectivity index (χ4v) is 1.77. The van der Waals surface area contributed by atoms with Crippen LogP contribution in [0.5, 0.6) is 5.75 Å². The van der Waals surface area contributed by atoms with Gasteiger partial charge in [0.1, 0.15) is 11.9 Å². The number of anilines is 1. The van der Waals surface area contributed by atoms with Crippen LogP contribution in [0.15, 0.2) is 18.2 Å². The SMILES string of the molecule is Cc1cccc2c1OC(COC(C)C)CN2. The molecule has 0 radical (unpaired) electrons. The Morgan fingerprint density at radius 2 is 2.31 bits per heavy atom. The summed E-state index contributed by atoms with van der Waals surface area (Å²) in [5.74, 6) is 0.964. The minimum absolute atomic E-state index is 0.107. The largest absolute Gasteiger partial charge is 0.484 e. The molecule has 1 heterocycles. The van der Waals surface area contributed by atoms with Crippen molar-refractivity contribution in [3.63, 3.8) is 0 Å². The van der Waals surface area contributed by atoms with E-state index in [1.165, 1.54) is 5.56 Å². The van der Waals surface area contributed by atoms with Gasteiger partial charge in [0.15, 0.2) is 0 Å². The Kier molecular flexibility index (Phi) is 3.34. The van der Waals surface area contributed by atoms with Crippen molar-refractivity contribution in [1.82, 2.24) is 0 Å². The molecule has 16 heavy (non-hydrogen) atoms. The molecule has 1 N–H and O–H groups in total. The first kappa shape index (κ1) is 11.3. The van der Waals surface area contributed by atoms with E-state index in [0.29, 0.717) is 6.61 Å². The zero-order valence-corrected chi connectivity index (χ0v) is 10.1. The predicted octanol–water partition coefficient (Wildman–Crippen LogP) is 2.59. The molecule has 0 aromatic heterocycles. The van der Waals surface area contributed by atoms with Crippen molar-refractivity contribution in [3.05, 3.63) is 23.8 Å². The number of ether oxygens (including phenoxy) is 2. The van der Waals surface area contributed by atoms with Crippen LogP contribution >= 0.6 is 0 Å². The monoisotopic (exact) mass is 221 g/mol. The molecule has 0 bridgehead atoms. The number of hydrogen-bond acceptors (Lipinski definition) is 3. The van der Waals surface area contributed by atoms with Crippen molar-refractivity contribution < 1.29 is 9.47 Å². The predicted molar refractivity (Wildman–Crippen MR) is 65.2 cm³/mol. The second-order valence-electron chi connectivity index (χ2n) is 4.45. The molecule has 0 saturated heterocycles. The van der Waals surface area contributed by atoms with Crippen molar-refractivity contribution in [3.8, 4) is 5.75 Å². The Labute approximate surface area is 96.8 Å². The van der Waals surface area contributed by atoms with Gasteiger partial charge in [-0.2, -0.15) is 0 Å². The van der Waals surface area contributed by atoms with Gasteiger partial charge < -0.3 is 14.8 Å². The van der Waals surface area contributed by atoms with E-state index in [4.69, 9.17) is 9.47 Å². The second-order valence-corrected chi connectivity index (χ2v) is 4.45. The highest BCUT2D eigenvalue weighted by atomic mass is 16.5. The highest BCUT2D eigenvalue weighted by molar-refractivity contribution is 5.61. The zero-order valence-electron chi connectivity index (χ0n) is 10.1. The van der Waals surface area contributed by atoms with E-state index in [1.54, 1.807) is 0 Å². The summed E-state index contributed by atoms with van der Waals surface area (Å²) < 4.78 is 11.5. The maximum Gasteiger partial charge on any atom is 0.145 e. The topological polar surface area (TPSA) is 30.5 Å². The average molecular weight is 221 g/mol. The van der Waals surface area contributed by atoms with Gasteiger partial charge in [-0.1, -0.05) is 12.1 Å². The number of para-hydroxylation sites is 1. The lowest BCUT2D eigenvalue weighted by Gasteiger charge is -2.28. The Hall–Kier alpha value is -1.22. The first-order valence-corrected chi connectivity index (χ1v) is 5.78. The molecule has 1 aromatic carbocycles. The summed E-state index contributed by atoms with van der Waals surface area (Å²) >= 11 is 0. The van der Waals surface area contributed by atoms with E-state index in [1.807, 2.05) is 26.0 Å². The lowest BCUT2D eigenvalue weighted by molar-refractivity contribution is 0.0188. The molecule has 0 aliphatic carbocycles. The Balaban J connectivity index is 2.03. The third kappa shape index (κ3) is 2.47. The molecule has 3 nitrogen and oxygen atoms in total. The Morgan fingerprint density at radius 3 is 3.06 bits per heavy atom. The third-order valence-corrected chi connectivity index (χ3v) is 2.63. The summed E-state index contributed by atoms with van der Waals surface area (Å²) in [6.45, 7) is 7.58. The molecule has 0 fully saturated rings. The van der Waals surface area contributed by atoms with Gasteiger partial charge in [-0.05, 0) is 32.4 Å². The quantitative estimate of drug-likeness (QED) is 0.851. The van der Waals surface area contributed by atoms with Crippen LogP contribution in [-0.4, -0.2) is 25.4 Å². The fraction of sp³-hybridized carbons (Fsp3) is 0.538. The van der Waals surface area contributed by atoms with E-state index in [2.05, 4.69) is 18.3 Å². The van der Waals surface area contributed by atoms with Crippen molar-refractivity contribution in [1.29, 1.82) is 0 Å². The van der Waals surface area contributed by atoms with Crippen LogP contribution in [0.3, 0.4) is 0 Å². The molecule has 3 heteroatoms. The maximum absolute atomic E-state index is 5.93. The molecule has 0 amide bonds. The van der Waals surface area contributed by atoms with Gasteiger partial charge in [0.25, 0.3) is 0 Å². The average Bonchev–Trinajstić information content (AvgIpc) is 2.27. The smallest absolute Gasteiger partial charge is 0.145 e. The van der Waals surface area contributed by atoms with Gasteiger partial charge in [-0.3, -0.25) is 0 Å². The highest BCUT2D eigenvalue weighted by Crippen LogP contribution is 2.32. The molecule has 0 spiro atoms. The summed E-state index contributed by atoms with van der Waals surface area (Å²) in [4.78, 5) is 0. The normalized spacial score (nSPS) is 18.9. The van der Waals surface area contributed by atoms with Gasteiger partial charge >= 0.3 is 0 Å². The van der Waals surface area contributed by atoms with E-state index < -0.39 is 0 Å². The van der Waals surface area contributed by atoms with Crippen LogP contribution in [0, 0.1) is 6.92 Å². The molecule has 0 saturated carbocycles. The fourth-order valence-electron chi connectivity index (χ4n) is 1.77. The first-order valence-electron chi connectivity index (χ1n) is 5.78. The minimum Gasteiger partial charge on any atom is -0.484 e. The van der Waals surface area contributed by atoms with Crippen molar-refractivity contribution in [2.75, 3.05) is 18.5 Å². The number of benzene rings is 1. The van der Waals surface area contributed by atoms with Crippen LogP contribution in [0.1, 0.15) is 19.4 Å². The highest BCUT2D eigenvalue weighted by Gasteiger charge is 2.20. The Morgan fingerprint density at radius 1 is 1.50 bits per heavy atom. The molecular weight excluding hydrogens is 202 g/mol. The van der Waals surface area contributed by atoms with Crippen LogP contribution in [0.2, 0.25) is 0 Å². The van der Waals surface area contributed by atoms with E-state index in [-0.39, 0.29) is 12.2 Å². The molecule has 1 unspecified atom stereocenters. The molecule has 1 aromatic rings. The van der Waals surface area contributed by atoms with Crippen LogP contribution < -0.4 is 10.1 Å². The third-order valence-electron chi connectivity index (χ3n) is 2.63. The summed E-state index contributed by atoms with van der Waals surface area (Å²) in [7, 11) is 0. The molecule has 2 rings (SSSR count). The van der Waals surface area contributed by atoms with Gasteiger partial charge in [0.2, 0.25) is 0 Å². The molecule has 1 aliphatic heterocycles. The van der Waals surface area contributed by atoms with E-state index >= 15 is 0 Å². The summed E-state index contributed by atoms with van der Waals surface area (Å²) in [6, 6.07) is 6.14. The van der Waals surface area contributed by atoms with Crippen molar-refractivity contribution >= 4 is 5.69 Å². The summed E-state index contributed by atoms with van der Waals surface area (Å²) in [6.07, 6.45) is 0.359. The van der Waals surface area contributed by atoms with Gasteiger partial charge in [0, 0.05) is 0 Å². The first-order chi connectivity index (χ1) is 7.66. The molecule has 88 valence electrons. The standard InChI is InChI=1S/C13H19NO2/c1-9(2)15-8-11-7-14-12-6-4-5-10(3)13(12)16-11/h4-6,9,11,14H,7-8H2,1-3H3. The minimum atomic E-state index is 0.107. The van der Waals surface area contributed by atoms with E-state index in [9.17, 15) is 0 Å². The summed E-state index contributed by atoms with van der Waals surface area (Å²) in [5.41, 5.74) is 2.25. The Bertz CT molecular complexity index is 363. The van der Waals surface area contributed by atoms with Crippen LogP contribution in [0.4, 0.5) is 5.69 Å². The number of hydrogen-bond donors (Lipinski definition) is 1. The second kappa shape index (κ2) is 4.74. The van der Waals surface area contributed by atoms with E-state index in [0.717, 1.165) is 18.0 Å². The van der Waals surface area contributed by atoms with Crippen LogP contribution in [-0.2, 0) is 4.74 Å². The number of nitrogens with one attached hydrogen (secondary N) is 1. The zero-order chi connectivity index (χ0) is 11.5. The number of fused-ring (bicyclic) bond motifs is 1. The van der Waals surface area contributed by atoms with Gasteiger partial charge in [0.05, 0.1) is 24.9 Å². The van der Waals surface area contributed by atoms with Gasteiger partial charge in [-0.15, -0.1) is 0 Å². The van der Waals surface area contributed by atoms with Gasteiger partial charge in [-0.25, -0.2) is 0 Å². The molecule has 1 aliphatic rings. The molecule has 1 atom stereocenters. The van der Waals surface area contributed by atoms with Crippen molar-refractivity contribution in [2.45, 2.75) is 33.0 Å². The lowest BCUT2D eigenvalue weighted by atomic mass is 10.1. The molecular formula is C13H19NO2. The number of rotatable bonds is 3. The maximum atomic E-state index is 5.93. The lowest BCUT2D eigenvalue weighted by Crippen LogP contribution is -2.35. The van der Waals surface area contributed by atoms with Crippen molar-refractivity contribution in [2.24, 2.45) is 0 Å². The number of aryl methyl sites for hydroxylation is 1. The van der Waals surface area contributed by atoms with Crippen LogP contribution in [0.25, 0.3) is 0 Å². The summed E-state index contributed by atoms with van der Waals surface area (Å²) in [5, 5.41) is 3.37.